The summed E-state index contributed by atoms with van der Waals surface area (Å²) in [4.78, 5) is 10.4. The monoisotopic (exact) mass is 139 g/mol. The van der Waals surface area contributed by atoms with E-state index < -0.39 is 5.97 Å². The average Bonchev–Trinajstić information content (AvgIpc) is 2.33. The summed E-state index contributed by atoms with van der Waals surface area (Å²) in [6, 6.07) is 0. The van der Waals surface area contributed by atoms with E-state index in [1.807, 2.05) is 13.8 Å². The summed E-state index contributed by atoms with van der Waals surface area (Å²) in [6.45, 7) is 7.39. The zero-order chi connectivity index (χ0) is 7.94. The third-order valence-electron chi connectivity index (χ3n) is 2.42. The lowest BCUT2D eigenvalue weighted by Gasteiger charge is -2.01. The van der Waals surface area contributed by atoms with Crippen LogP contribution in [0.4, 0.5) is 0 Å². The lowest BCUT2D eigenvalue weighted by Crippen LogP contribution is -2.26. The molecule has 1 saturated carbocycles. The maximum atomic E-state index is 10.4. The molecule has 2 atom stereocenters. The molecule has 1 fully saturated rings. The predicted molar refractivity (Wildman–Crippen MR) is 36.0 cm³/mol. The Labute approximate surface area is 60.6 Å². The first-order valence-electron chi connectivity index (χ1n) is 3.35. The molecule has 0 amide bonds. The highest BCUT2D eigenvalue weighted by atomic mass is 16.4. The van der Waals surface area contributed by atoms with Crippen LogP contribution in [0.5, 0.6) is 0 Å². The molecule has 0 N–H and O–H groups in total. The Hall–Kier alpha value is -0.790. The van der Waals surface area contributed by atoms with Gasteiger partial charge in [-0.05, 0) is 11.3 Å². The highest BCUT2D eigenvalue weighted by Crippen LogP contribution is 2.58. The van der Waals surface area contributed by atoms with E-state index >= 15 is 0 Å². The smallest absolute Gasteiger partial charge is 0.0456 e. The molecule has 2 nitrogen and oxygen atoms in total. The van der Waals surface area contributed by atoms with Crippen LogP contribution in [0.1, 0.15) is 13.8 Å². The van der Waals surface area contributed by atoms with Gasteiger partial charge < -0.3 is 9.90 Å². The topological polar surface area (TPSA) is 40.1 Å². The summed E-state index contributed by atoms with van der Waals surface area (Å²) in [5, 5.41) is 10.4. The number of carboxylic acid groups (broad SMARTS) is 1. The van der Waals surface area contributed by atoms with Gasteiger partial charge in [-0.1, -0.05) is 19.9 Å². The molecular formula is C8H11O2-. The summed E-state index contributed by atoms with van der Waals surface area (Å²) in [6.07, 6.45) is 1.69. The summed E-state index contributed by atoms with van der Waals surface area (Å²) in [7, 11) is 0. The lowest BCUT2D eigenvalue weighted by atomic mass is 10.1. The number of carbonyl (C=O) groups is 1. The molecule has 0 heterocycles. The fraction of sp³-hybridized carbons (Fsp3) is 0.625. The second kappa shape index (κ2) is 1.84. The average molecular weight is 139 g/mol. The zero-order valence-electron chi connectivity index (χ0n) is 6.26. The highest BCUT2D eigenvalue weighted by molar-refractivity contribution is 5.74. The molecule has 1 rings (SSSR count). The fourth-order valence-corrected chi connectivity index (χ4v) is 1.57. The van der Waals surface area contributed by atoms with Crippen molar-refractivity contribution in [3.05, 3.63) is 12.7 Å². The van der Waals surface area contributed by atoms with Crippen LogP contribution in [0.15, 0.2) is 12.7 Å². The molecule has 10 heavy (non-hydrogen) atoms. The minimum absolute atomic E-state index is 0.109. The van der Waals surface area contributed by atoms with Crippen molar-refractivity contribution in [2.75, 3.05) is 0 Å². The maximum Gasteiger partial charge on any atom is 0.0456 e. The Morgan fingerprint density at radius 3 is 2.30 bits per heavy atom. The summed E-state index contributed by atoms with van der Waals surface area (Å²) in [5.41, 5.74) is -0.124. The number of hydrogen-bond acceptors (Lipinski definition) is 2. The Morgan fingerprint density at radius 1 is 1.70 bits per heavy atom. The number of aliphatic carboxylic acids is 1. The van der Waals surface area contributed by atoms with Gasteiger partial charge in [0.15, 0.2) is 0 Å². The maximum absolute atomic E-state index is 10.4. The van der Waals surface area contributed by atoms with Crippen molar-refractivity contribution >= 4 is 5.97 Å². The van der Waals surface area contributed by atoms with E-state index in [-0.39, 0.29) is 17.3 Å². The van der Waals surface area contributed by atoms with Crippen molar-refractivity contribution in [1.29, 1.82) is 0 Å². The zero-order valence-corrected chi connectivity index (χ0v) is 6.26. The van der Waals surface area contributed by atoms with Crippen molar-refractivity contribution in [2.24, 2.45) is 17.3 Å². The molecule has 2 unspecified atom stereocenters. The van der Waals surface area contributed by atoms with Crippen LogP contribution in [0.25, 0.3) is 0 Å². The first kappa shape index (κ1) is 7.32. The van der Waals surface area contributed by atoms with Crippen molar-refractivity contribution < 1.29 is 9.90 Å². The van der Waals surface area contributed by atoms with Gasteiger partial charge in [0.05, 0.1) is 0 Å². The van der Waals surface area contributed by atoms with Gasteiger partial charge in [-0.25, -0.2) is 0 Å². The quantitative estimate of drug-likeness (QED) is 0.512. The molecule has 0 spiro atoms. The molecule has 1 aliphatic rings. The highest BCUT2D eigenvalue weighted by Gasteiger charge is 2.56. The van der Waals surface area contributed by atoms with Crippen molar-refractivity contribution in [3.8, 4) is 0 Å². The number of hydrogen-bond donors (Lipinski definition) is 0. The third-order valence-corrected chi connectivity index (χ3v) is 2.42. The van der Waals surface area contributed by atoms with Gasteiger partial charge in [0, 0.05) is 11.9 Å². The van der Waals surface area contributed by atoms with Crippen LogP contribution < -0.4 is 5.11 Å². The molecule has 2 heteroatoms. The minimum atomic E-state index is -0.949. The largest absolute Gasteiger partial charge is 0.550 e. The summed E-state index contributed by atoms with van der Waals surface area (Å²) >= 11 is 0. The predicted octanol–water partition coefficient (Wildman–Crippen LogP) is 0.194. The van der Waals surface area contributed by atoms with Crippen LogP contribution in [-0.4, -0.2) is 5.97 Å². The Morgan fingerprint density at radius 2 is 2.20 bits per heavy atom. The standard InChI is InChI=1S/C8H12O2/c1-4-5-6(7(9)10)8(5,2)3/h4-6H,1H2,2-3H3,(H,9,10)/p-1. The Kier molecular flexibility index (Phi) is 1.35. The second-order valence-electron chi connectivity index (χ2n) is 3.38. The fourth-order valence-electron chi connectivity index (χ4n) is 1.57. The van der Waals surface area contributed by atoms with Crippen LogP contribution in [0.3, 0.4) is 0 Å². The molecule has 0 aromatic carbocycles. The van der Waals surface area contributed by atoms with Crippen molar-refractivity contribution in [1.82, 2.24) is 0 Å². The summed E-state index contributed by atoms with van der Waals surface area (Å²) in [5.74, 6) is -1.16. The Balaban J connectivity index is 2.70. The third kappa shape index (κ3) is 0.753. The SMILES string of the molecule is C=CC1C(C(=O)[O-])C1(C)C. The van der Waals surface area contributed by atoms with Crippen LogP contribution >= 0.6 is 0 Å². The molecule has 56 valence electrons. The summed E-state index contributed by atoms with van der Waals surface area (Å²) < 4.78 is 0. The molecule has 0 radical (unpaired) electrons. The van der Waals surface area contributed by atoms with E-state index in [1.165, 1.54) is 0 Å². The number of allylic oxidation sites excluding steroid dienone is 1. The molecule has 0 aromatic rings. The van der Waals surface area contributed by atoms with E-state index in [2.05, 4.69) is 6.58 Å². The lowest BCUT2D eigenvalue weighted by molar-refractivity contribution is -0.308. The van der Waals surface area contributed by atoms with Crippen LogP contribution in [-0.2, 0) is 4.79 Å². The number of carboxylic acids is 1. The number of rotatable bonds is 2. The molecule has 0 bridgehead atoms. The molecule has 1 aliphatic carbocycles. The normalized spacial score (nSPS) is 35.0. The van der Waals surface area contributed by atoms with Crippen molar-refractivity contribution in [2.45, 2.75) is 13.8 Å². The Bertz CT molecular complexity index is 182. The van der Waals surface area contributed by atoms with Crippen molar-refractivity contribution in [3.63, 3.8) is 0 Å². The molecule has 0 aliphatic heterocycles. The van der Waals surface area contributed by atoms with E-state index in [1.54, 1.807) is 6.08 Å². The van der Waals surface area contributed by atoms with Gasteiger partial charge in [0.1, 0.15) is 0 Å². The molecule has 0 saturated heterocycles. The van der Waals surface area contributed by atoms with Gasteiger partial charge >= 0.3 is 0 Å². The van der Waals surface area contributed by atoms with Gasteiger partial charge in [0.25, 0.3) is 0 Å². The first-order valence-corrected chi connectivity index (χ1v) is 3.35. The van der Waals surface area contributed by atoms with Gasteiger partial charge in [-0.15, -0.1) is 6.58 Å². The second-order valence-corrected chi connectivity index (χ2v) is 3.38. The van der Waals surface area contributed by atoms with E-state index in [9.17, 15) is 9.90 Å². The molecule has 0 aromatic heterocycles. The minimum Gasteiger partial charge on any atom is -0.550 e. The van der Waals surface area contributed by atoms with Crippen LogP contribution in [0, 0.1) is 17.3 Å². The van der Waals surface area contributed by atoms with Crippen LogP contribution in [0.2, 0.25) is 0 Å². The van der Waals surface area contributed by atoms with E-state index in [0.717, 1.165) is 0 Å². The number of carbonyl (C=O) groups excluding carboxylic acids is 1. The first-order chi connectivity index (χ1) is 4.51. The van der Waals surface area contributed by atoms with Gasteiger partial charge in [-0.2, -0.15) is 0 Å². The molecular weight excluding hydrogens is 128 g/mol. The van der Waals surface area contributed by atoms with E-state index in [0.29, 0.717) is 0 Å². The van der Waals surface area contributed by atoms with E-state index in [4.69, 9.17) is 0 Å². The van der Waals surface area contributed by atoms with Gasteiger partial charge in [0.2, 0.25) is 0 Å². The van der Waals surface area contributed by atoms with Gasteiger partial charge in [-0.3, -0.25) is 0 Å².